The summed E-state index contributed by atoms with van der Waals surface area (Å²) in [7, 11) is 0. The molecule has 2 rings (SSSR count). The smallest absolute Gasteiger partial charge is 0.340 e. The molecule has 156 valence electrons. The molecule has 0 aliphatic carbocycles. The van der Waals surface area contributed by atoms with E-state index in [2.05, 4.69) is 4.98 Å². The van der Waals surface area contributed by atoms with Crippen molar-refractivity contribution in [3.05, 3.63) is 47.0 Å². The topological polar surface area (TPSA) is 99.7 Å². The van der Waals surface area contributed by atoms with E-state index in [1.165, 1.54) is 23.1 Å². The number of aromatic amines is 1. The predicted octanol–water partition coefficient (Wildman–Crippen LogP) is 2.72. The van der Waals surface area contributed by atoms with Gasteiger partial charge in [0.25, 0.3) is 11.7 Å². The van der Waals surface area contributed by atoms with Crippen LogP contribution in [0, 0.1) is 12.7 Å². The van der Waals surface area contributed by atoms with E-state index >= 15 is 0 Å². The summed E-state index contributed by atoms with van der Waals surface area (Å²) >= 11 is 0. The Morgan fingerprint density at radius 2 is 1.90 bits per heavy atom. The zero-order valence-electron chi connectivity index (χ0n) is 16.9. The van der Waals surface area contributed by atoms with E-state index in [-0.39, 0.29) is 53.9 Å². The monoisotopic (exact) mass is 404 g/mol. The fourth-order valence-corrected chi connectivity index (χ4v) is 3.13. The van der Waals surface area contributed by atoms with Gasteiger partial charge in [-0.3, -0.25) is 9.59 Å². The lowest BCUT2D eigenvalue weighted by Gasteiger charge is -2.25. The van der Waals surface area contributed by atoms with Crippen LogP contribution in [-0.2, 0) is 9.53 Å². The van der Waals surface area contributed by atoms with Crippen LogP contribution >= 0.6 is 0 Å². The summed E-state index contributed by atoms with van der Waals surface area (Å²) in [5, 5.41) is 9.21. The number of ketones is 1. The normalized spacial score (nSPS) is 10.9. The van der Waals surface area contributed by atoms with Gasteiger partial charge in [0.05, 0.1) is 18.8 Å². The van der Waals surface area contributed by atoms with E-state index < -0.39 is 23.5 Å². The Bertz CT molecular complexity index is 920. The van der Waals surface area contributed by atoms with Gasteiger partial charge < -0.3 is 19.7 Å². The van der Waals surface area contributed by atoms with Crippen LogP contribution < -0.4 is 0 Å². The highest BCUT2D eigenvalue weighted by molar-refractivity contribution is 6.43. The van der Waals surface area contributed by atoms with Crippen LogP contribution in [-0.4, -0.2) is 58.5 Å². The zero-order chi connectivity index (χ0) is 21.7. The molecule has 0 saturated heterocycles. The molecule has 2 N–H and O–H groups in total. The van der Waals surface area contributed by atoms with Crippen molar-refractivity contribution >= 4 is 17.7 Å². The number of nitrogens with zero attached hydrogens (tertiary/aromatic N) is 1. The molecule has 1 heterocycles. The number of aryl methyl sites for hydroxylation is 1. The summed E-state index contributed by atoms with van der Waals surface area (Å²) in [6.07, 6.45) is 0. The largest absolute Gasteiger partial charge is 0.462 e. The maximum absolute atomic E-state index is 14.6. The van der Waals surface area contributed by atoms with Gasteiger partial charge in [-0.25, -0.2) is 9.18 Å². The number of esters is 1. The lowest BCUT2D eigenvalue weighted by molar-refractivity contribution is -0.128. The van der Waals surface area contributed by atoms with E-state index in [1.807, 2.05) is 0 Å². The molecular weight excluding hydrogens is 379 g/mol. The molecule has 0 atom stereocenters. The number of carbonyl (C=O) groups is 3. The minimum absolute atomic E-state index is 0.00588. The molecule has 1 aromatic carbocycles. The summed E-state index contributed by atoms with van der Waals surface area (Å²) in [6.45, 7) is 6.36. The SMILES string of the molecule is CCOC(=O)c1c(C)[nH]c(C(=O)C(=O)N(CCO)C(C)C)c1-c1ccccc1F. The number of aliphatic hydroxyl groups excluding tert-OH is 1. The van der Waals surface area contributed by atoms with Crippen LogP contribution in [0.4, 0.5) is 4.39 Å². The van der Waals surface area contributed by atoms with Crippen LogP contribution in [0.1, 0.15) is 47.3 Å². The van der Waals surface area contributed by atoms with E-state index in [0.29, 0.717) is 0 Å². The van der Waals surface area contributed by atoms with Gasteiger partial charge in [0.2, 0.25) is 0 Å². The molecule has 7 nitrogen and oxygen atoms in total. The Morgan fingerprint density at radius 3 is 2.45 bits per heavy atom. The van der Waals surface area contributed by atoms with Crippen molar-refractivity contribution in [3.63, 3.8) is 0 Å². The fourth-order valence-electron chi connectivity index (χ4n) is 3.13. The lowest BCUT2D eigenvalue weighted by atomic mass is 9.97. The first-order valence-corrected chi connectivity index (χ1v) is 9.35. The molecule has 0 fully saturated rings. The van der Waals surface area contributed by atoms with Crippen molar-refractivity contribution in [2.24, 2.45) is 0 Å². The van der Waals surface area contributed by atoms with Gasteiger partial charge in [0, 0.05) is 29.4 Å². The van der Waals surface area contributed by atoms with Crippen LogP contribution in [0.2, 0.25) is 0 Å². The summed E-state index contributed by atoms with van der Waals surface area (Å²) in [5.74, 6) is -3.15. The average molecular weight is 404 g/mol. The molecule has 29 heavy (non-hydrogen) atoms. The second kappa shape index (κ2) is 9.47. The average Bonchev–Trinajstić information content (AvgIpc) is 3.02. The molecule has 0 bridgehead atoms. The van der Waals surface area contributed by atoms with E-state index in [1.54, 1.807) is 33.8 Å². The highest BCUT2D eigenvalue weighted by Gasteiger charge is 2.33. The molecule has 8 heteroatoms. The fraction of sp³-hybridized carbons (Fsp3) is 0.381. The number of Topliss-reactive ketones (excluding diaryl/α,β-unsaturated/α-hetero) is 1. The molecule has 0 aliphatic rings. The van der Waals surface area contributed by atoms with Crippen LogP contribution in [0.15, 0.2) is 24.3 Å². The minimum atomic E-state index is -0.927. The molecule has 0 saturated carbocycles. The van der Waals surface area contributed by atoms with Gasteiger partial charge in [-0.1, -0.05) is 18.2 Å². The third-order valence-corrected chi connectivity index (χ3v) is 4.46. The van der Waals surface area contributed by atoms with E-state index in [0.717, 1.165) is 0 Å². The van der Waals surface area contributed by atoms with Gasteiger partial charge in [-0.2, -0.15) is 0 Å². The van der Waals surface area contributed by atoms with Crippen molar-refractivity contribution in [2.75, 3.05) is 19.8 Å². The second-order valence-electron chi connectivity index (χ2n) is 6.72. The van der Waals surface area contributed by atoms with Crippen molar-refractivity contribution in [3.8, 4) is 11.1 Å². The third-order valence-electron chi connectivity index (χ3n) is 4.46. The Balaban J connectivity index is 2.67. The lowest BCUT2D eigenvalue weighted by Crippen LogP contribution is -2.43. The second-order valence-corrected chi connectivity index (χ2v) is 6.72. The molecule has 0 spiro atoms. The first kappa shape index (κ1) is 22.3. The number of H-pyrrole nitrogens is 1. The maximum Gasteiger partial charge on any atom is 0.340 e. The molecule has 0 unspecified atom stereocenters. The van der Waals surface area contributed by atoms with Crippen molar-refractivity contribution in [1.82, 2.24) is 9.88 Å². The van der Waals surface area contributed by atoms with Crippen molar-refractivity contribution in [1.29, 1.82) is 0 Å². The van der Waals surface area contributed by atoms with E-state index in [4.69, 9.17) is 4.74 Å². The number of ether oxygens (including phenoxy) is 1. The van der Waals surface area contributed by atoms with Gasteiger partial charge >= 0.3 is 5.97 Å². The molecule has 0 aliphatic heterocycles. The summed E-state index contributed by atoms with van der Waals surface area (Å²) in [6, 6.07) is 5.34. The highest BCUT2D eigenvalue weighted by atomic mass is 19.1. The third kappa shape index (κ3) is 4.54. The summed E-state index contributed by atoms with van der Waals surface area (Å²) in [4.78, 5) is 42.3. The number of rotatable bonds is 8. The molecule has 1 aromatic heterocycles. The Morgan fingerprint density at radius 1 is 1.24 bits per heavy atom. The number of aromatic nitrogens is 1. The zero-order valence-corrected chi connectivity index (χ0v) is 16.9. The number of aliphatic hydroxyl groups is 1. The standard InChI is InChI=1S/C21H25FN2O5/c1-5-29-21(28)16-13(4)23-18(17(16)14-8-6-7-9-15(14)22)19(26)20(27)24(10-11-25)12(2)3/h6-9,12,23,25H,5,10-11H2,1-4H3. The number of benzene rings is 1. The number of amides is 1. The number of carbonyl (C=O) groups excluding carboxylic acids is 3. The number of nitrogens with one attached hydrogen (secondary N) is 1. The first-order valence-electron chi connectivity index (χ1n) is 9.35. The Hall–Kier alpha value is -3.00. The van der Waals surface area contributed by atoms with Gasteiger partial charge in [-0.05, 0) is 33.8 Å². The highest BCUT2D eigenvalue weighted by Crippen LogP contribution is 2.33. The van der Waals surface area contributed by atoms with Crippen LogP contribution in [0.3, 0.4) is 0 Å². The van der Waals surface area contributed by atoms with Crippen LogP contribution in [0.5, 0.6) is 0 Å². The first-order chi connectivity index (χ1) is 13.7. The molecule has 2 aromatic rings. The quantitative estimate of drug-likeness (QED) is 0.400. The van der Waals surface area contributed by atoms with Crippen molar-refractivity contribution in [2.45, 2.75) is 33.7 Å². The van der Waals surface area contributed by atoms with Gasteiger partial charge in [-0.15, -0.1) is 0 Å². The number of hydrogen-bond donors (Lipinski definition) is 2. The molecular formula is C21H25FN2O5. The molecule has 1 amide bonds. The number of hydrogen-bond acceptors (Lipinski definition) is 5. The maximum atomic E-state index is 14.6. The number of halogens is 1. The van der Waals surface area contributed by atoms with Gasteiger partial charge in [0.15, 0.2) is 0 Å². The predicted molar refractivity (Wildman–Crippen MR) is 105 cm³/mol. The van der Waals surface area contributed by atoms with Gasteiger partial charge in [0.1, 0.15) is 11.5 Å². The van der Waals surface area contributed by atoms with E-state index in [9.17, 15) is 23.9 Å². The molecule has 0 radical (unpaired) electrons. The van der Waals surface area contributed by atoms with Crippen LogP contribution in [0.25, 0.3) is 11.1 Å². The minimum Gasteiger partial charge on any atom is -0.462 e. The Labute approximate surface area is 168 Å². The van der Waals surface area contributed by atoms with Crippen molar-refractivity contribution < 1.29 is 28.6 Å². The summed E-state index contributed by atoms with van der Waals surface area (Å²) < 4.78 is 19.6. The Kier molecular flexibility index (Phi) is 7.28. The summed E-state index contributed by atoms with van der Waals surface area (Å²) in [5.41, 5.74) is 0.103.